The van der Waals surface area contributed by atoms with E-state index in [1.54, 1.807) is 44.6 Å². The van der Waals surface area contributed by atoms with Gasteiger partial charge in [0, 0.05) is 12.0 Å². The Morgan fingerprint density at radius 3 is 2.40 bits per heavy atom. The molecule has 0 amide bonds. The van der Waals surface area contributed by atoms with Crippen molar-refractivity contribution in [1.82, 2.24) is 0 Å². The molecule has 2 aromatic rings. The molecule has 1 N–H and O–H groups in total. The number of benzene rings is 2. The molecule has 0 heterocycles. The monoisotopic (exact) mass is 276 g/mol. The fourth-order valence-corrected chi connectivity index (χ4v) is 2.09. The number of halogens is 1. The highest BCUT2D eigenvalue weighted by Gasteiger charge is 2.14. The molecule has 0 saturated carbocycles. The summed E-state index contributed by atoms with van der Waals surface area (Å²) in [4.78, 5) is 0. The predicted molar refractivity (Wildman–Crippen MR) is 74.6 cm³/mol. The molecule has 20 heavy (non-hydrogen) atoms. The Kier molecular flexibility index (Phi) is 4.58. The maximum Gasteiger partial charge on any atom is 0.160 e. The highest BCUT2D eigenvalue weighted by molar-refractivity contribution is 5.43. The number of methoxy groups -OCH3 is 2. The lowest BCUT2D eigenvalue weighted by Gasteiger charge is -2.14. The van der Waals surface area contributed by atoms with Crippen molar-refractivity contribution in [2.45, 2.75) is 12.5 Å². The van der Waals surface area contributed by atoms with E-state index in [0.29, 0.717) is 23.5 Å². The van der Waals surface area contributed by atoms with E-state index in [0.717, 1.165) is 5.56 Å². The summed E-state index contributed by atoms with van der Waals surface area (Å²) in [5, 5.41) is 10.1. The molecule has 0 aliphatic carbocycles. The van der Waals surface area contributed by atoms with Crippen LogP contribution in [0, 0.1) is 5.82 Å². The summed E-state index contributed by atoms with van der Waals surface area (Å²) in [5.74, 6) is 0.808. The topological polar surface area (TPSA) is 38.7 Å². The molecule has 0 aliphatic heterocycles. The summed E-state index contributed by atoms with van der Waals surface area (Å²) < 4.78 is 24.0. The summed E-state index contributed by atoms with van der Waals surface area (Å²) in [5.41, 5.74) is 1.14. The second-order valence-corrected chi connectivity index (χ2v) is 4.43. The molecule has 1 atom stereocenters. The van der Waals surface area contributed by atoms with Crippen LogP contribution in [-0.4, -0.2) is 19.3 Å². The van der Waals surface area contributed by atoms with Crippen LogP contribution in [0.15, 0.2) is 42.5 Å². The summed E-state index contributed by atoms with van der Waals surface area (Å²) in [6.45, 7) is 0. The Balaban J connectivity index is 2.20. The van der Waals surface area contributed by atoms with Crippen molar-refractivity contribution in [3.63, 3.8) is 0 Å². The zero-order chi connectivity index (χ0) is 14.5. The van der Waals surface area contributed by atoms with Crippen molar-refractivity contribution >= 4 is 0 Å². The van der Waals surface area contributed by atoms with Gasteiger partial charge in [-0.15, -0.1) is 0 Å². The molecular formula is C16H17FO3. The molecule has 106 valence electrons. The van der Waals surface area contributed by atoms with E-state index in [1.165, 1.54) is 6.07 Å². The predicted octanol–water partition coefficient (Wildman–Crippen LogP) is 3.12. The van der Waals surface area contributed by atoms with Crippen LogP contribution < -0.4 is 9.47 Å². The largest absolute Gasteiger partial charge is 0.493 e. The molecule has 0 bridgehead atoms. The minimum absolute atomic E-state index is 0.294. The first-order valence-electron chi connectivity index (χ1n) is 6.29. The zero-order valence-electron chi connectivity index (χ0n) is 11.5. The van der Waals surface area contributed by atoms with E-state index < -0.39 is 11.9 Å². The SMILES string of the molecule is COc1ccc(CC(O)c2ccccc2F)cc1OC. The third-order valence-electron chi connectivity index (χ3n) is 3.14. The number of rotatable bonds is 5. The lowest BCUT2D eigenvalue weighted by Crippen LogP contribution is -2.04. The van der Waals surface area contributed by atoms with Gasteiger partial charge in [0.15, 0.2) is 11.5 Å². The summed E-state index contributed by atoms with van der Waals surface area (Å²) in [7, 11) is 3.11. The molecule has 3 nitrogen and oxygen atoms in total. The van der Waals surface area contributed by atoms with Gasteiger partial charge in [-0.25, -0.2) is 4.39 Å². The fourth-order valence-electron chi connectivity index (χ4n) is 2.09. The average molecular weight is 276 g/mol. The number of aliphatic hydroxyl groups is 1. The molecular weight excluding hydrogens is 259 g/mol. The Labute approximate surface area is 117 Å². The van der Waals surface area contributed by atoms with E-state index in [9.17, 15) is 9.50 Å². The van der Waals surface area contributed by atoms with E-state index in [-0.39, 0.29) is 0 Å². The Hall–Kier alpha value is -2.07. The van der Waals surface area contributed by atoms with Gasteiger partial charge in [-0.3, -0.25) is 0 Å². The van der Waals surface area contributed by atoms with Crippen molar-refractivity contribution in [2.75, 3.05) is 14.2 Å². The molecule has 0 spiro atoms. The molecule has 1 unspecified atom stereocenters. The Bertz CT molecular complexity index is 584. The van der Waals surface area contributed by atoms with Gasteiger partial charge in [-0.1, -0.05) is 24.3 Å². The molecule has 0 aromatic heterocycles. The Morgan fingerprint density at radius 2 is 1.75 bits per heavy atom. The van der Waals surface area contributed by atoms with Crippen molar-refractivity contribution < 1.29 is 19.0 Å². The van der Waals surface area contributed by atoms with Crippen LogP contribution in [0.4, 0.5) is 4.39 Å². The molecule has 0 fully saturated rings. The van der Waals surface area contributed by atoms with Crippen LogP contribution >= 0.6 is 0 Å². The van der Waals surface area contributed by atoms with Gasteiger partial charge in [0.05, 0.1) is 20.3 Å². The van der Waals surface area contributed by atoms with Gasteiger partial charge >= 0.3 is 0 Å². The van der Waals surface area contributed by atoms with E-state index in [4.69, 9.17) is 9.47 Å². The molecule has 0 radical (unpaired) electrons. The van der Waals surface area contributed by atoms with Gasteiger partial charge < -0.3 is 14.6 Å². The van der Waals surface area contributed by atoms with Crippen molar-refractivity contribution in [3.05, 3.63) is 59.4 Å². The van der Waals surface area contributed by atoms with Crippen LogP contribution in [0.5, 0.6) is 11.5 Å². The van der Waals surface area contributed by atoms with Crippen molar-refractivity contribution in [2.24, 2.45) is 0 Å². The van der Waals surface area contributed by atoms with Gasteiger partial charge in [0.1, 0.15) is 5.82 Å². The van der Waals surface area contributed by atoms with Crippen LogP contribution in [0.1, 0.15) is 17.2 Å². The minimum atomic E-state index is -0.894. The first-order chi connectivity index (χ1) is 9.65. The molecule has 2 rings (SSSR count). The first-order valence-corrected chi connectivity index (χ1v) is 6.29. The molecule has 4 heteroatoms. The van der Waals surface area contributed by atoms with E-state index in [1.807, 2.05) is 6.07 Å². The number of aliphatic hydroxyl groups excluding tert-OH is 1. The lowest BCUT2D eigenvalue weighted by molar-refractivity contribution is 0.173. The van der Waals surface area contributed by atoms with Gasteiger partial charge in [-0.05, 0) is 23.8 Å². The normalized spacial score (nSPS) is 12.0. The molecule has 0 aliphatic rings. The van der Waals surface area contributed by atoms with Crippen LogP contribution in [-0.2, 0) is 6.42 Å². The highest BCUT2D eigenvalue weighted by Crippen LogP contribution is 2.29. The fraction of sp³-hybridized carbons (Fsp3) is 0.250. The zero-order valence-corrected chi connectivity index (χ0v) is 11.5. The summed E-state index contributed by atoms with van der Waals surface area (Å²) in [6.07, 6.45) is -0.587. The standard InChI is InChI=1S/C16H17FO3/c1-19-15-8-7-11(10-16(15)20-2)9-14(18)12-5-3-4-6-13(12)17/h3-8,10,14,18H,9H2,1-2H3. The molecule has 0 saturated heterocycles. The molecule has 2 aromatic carbocycles. The number of hydrogen-bond acceptors (Lipinski definition) is 3. The third kappa shape index (κ3) is 3.08. The number of hydrogen-bond donors (Lipinski definition) is 1. The number of ether oxygens (including phenoxy) is 2. The van der Waals surface area contributed by atoms with Crippen molar-refractivity contribution in [3.8, 4) is 11.5 Å². The van der Waals surface area contributed by atoms with Gasteiger partial charge in [-0.2, -0.15) is 0 Å². The van der Waals surface area contributed by atoms with Crippen LogP contribution in [0.2, 0.25) is 0 Å². The summed E-state index contributed by atoms with van der Waals surface area (Å²) >= 11 is 0. The third-order valence-corrected chi connectivity index (χ3v) is 3.14. The quantitative estimate of drug-likeness (QED) is 0.912. The second-order valence-electron chi connectivity index (χ2n) is 4.43. The Morgan fingerprint density at radius 1 is 1.05 bits per heavy atom. The summed E-state index contributed by atoms with van der Waals surface area (Å²) in [6, 6.07) is 11.6. The maximum atomic E-state index is 13.6. The average Bonchev–Trinajstić information content (AvgIpc) is 2.47. The van der Waals surface area contributed by atoms with Crippen molar-refractivity contribution in [1.29, 1.82) is 0 Å². The van der Waals surface area contributed by atoms with E-state index >= 15 is 0 Å². The van der Waals surface area contributed by atoms with Gasteiger partial charge in [0.2, 0.25) is 0 Å². The minimum Gasteiger partial charge on any atom is -0.493 e. The first kappa shape index (κ1) is 14.3. The maximum absolute atomic E-state index is 13.6. The van der Waals surface area contributed by atoms with Gasteiger partial charge in [0.25, 0.3) is 0 Å². The van der Waals surface area contributed by atoms with E-state index in [2.05, 4.69) is 0 Å². The smallest absolute Gasteiger partial charge is 0.160 e. The second kappa shape index (κ2) is 6.39. The lowest BCUT2D eigenvalue weighted by atomic mass is 10.0. The van der Waals surface area contributed by atoms with Crippen LogP contribution in [0.25, 0.3) is 0 Å². The highest BCUT2D eigenvalue weighted by atomic mass is 19.1. The van der Waals surface area contributed by atoms with Crippen LogP contribution in [0.3, 0.4) is 0 Å².